The maximum absolute atomic E-state index is 11.7. The van der Waals surface area contributed by atoms with Crippen LogP contribution < -0.4 is 14.9 Å². The molecule has 0 bridgehead atoms. The standard InChI is InChI=1S/C17H17ClN2O3/c1-2-22-16-9-4-3-6-13(16)11-19-20-17(21)12-23-15-8-5-7-14(18)10-15/h3-11H,2,12H2,1H3,(H,20,21). The van der Waals surface area contributed by atoms with Crippen LogP contribution in [0.1, 0.15) is 12.5 Å². The van der Waals surface area contributed by atoms with Crippen molar-refractivity contribution in [3.05, 3.63) is 59.1 Å². The molecule has 0 aliphatic rings. The van der Waals surface area contributed by atoms with Crippen LogP contribution in [0.25, 0.3) is 0 Å². The van der Waals surface area contributed by atoms with Gasteiger partial charge < -0.3 is 9.47 Å². The van der Waals surface area contributed by atoms with Gasteiger partial charge in [0.25, 0.3) is 5.91 Å². The first-order valence-electron chi connectivity index (χ1n) is 7.11. The van der Waals surface area contributed by atoms with Gasteiger partial charge in [0.1, 0.15) is 11.5 Å². The zero-order valence-electron chi connectivity index (χ0n) is 12.7. The third-order valence-corrected chi connectivity index (χ3v) is 3.01. The van der Waals surface area contributed by atoms with E-state index in [2.05, 4.69) is 10.5 Å². The third-order valence-electron chi connectivity index (χ3n) is 2.78. The molecule has 1 N–H and O–H groups in total. The monoisotopic (exact) mass is 332 g/mol. The van der Waals surface area contributed by atoms with Crippen molar-refractivity contribution in [3.63, 3.8) is 0 Å². The molecule has 23 heavy (non-hydrogen) atoms. The molecule has 120 valence electrons. The van der Waals surface area contributed by atoms with Crippen LogP contribution in [0.4, 0.5) is 0 Å². The number of amides is 1. The smallest absolute Gasteiger partial charge is 0.277 e. The van der Waals surface area contributed by atoms with Crippen molar-refractivity contribution in [2.24, 2.45) is 5.10 Å². The topological polar surface area (TPSA) is 59.9 Å². The second kappa shape index (κ2) is 8.80. The third kappa shape index (κ3) is 5.64. The Labute approximate surface area is 139 Å². The summed E-state index contributed by atoms with van der Waals surface area (Å²) in [5.74, 6) is 0.872. The maximum Gasteiger partial charge on any atom is 0.277 e. The van der Waals surface area contributed by atoms with Crippen molar-refractivity contribution in [2.75, 3.05) is 13.2 Å². The minimum atomic E-state index is -0.366. The molecule has 0 spiro atoms. The maximum atomic E-state index is 11.7. The van der Waals surface area contributed by atoms with Gasteiger partial charge >= 0.3 is 0 Å². The van der Waals surface area contributed by atoms with E-state index in [0.717, 1.165) is 5.56 Å². The number of halogens is 1. The SMILES string of the molecule is CCOc1ccccc1C=NNC(=O)COc1cccc(Cl)c1. The number of benzene rings is 2. The number of carbonyl (C=O) groups is 1. The minimum Gasteiger partial charge on any atom is -0.493 e. The number of para-hydroxylation sites is 1. The van der Waals surface area contributed by atoms with Crippen molar-refractivity contribution in [1.82, 2.24) is 5.43 Å². The molecule has 0 saturated heterocycles. The molecule has 0 fully saturated rings. The van der Waals surface area contributed by atoms with E-state index in [9.17, 15) is 4.79 Å². The highest BCUT2D eigenvalue weighted by Crippen LogP contribution is 2.17. The molecule has 0 aromatic heterocycles. The molecule has 5 nitrogen and oxygen atoms in total. The first kappa shape index (κ1) is 16.8. The normalized spacial score (nSPS) is 10.5. The predicted octanol–water partition coefficient (Wildman–Crippen LogP) is 3.27. The predicted molar refractivity (Wildman–Crippen MR) is 90.3 cm³/mol. The van der Waals surface area contributed by atoms with Crippen LogP contribution in [0.3, 0.4) is 0 Å². The number of hydrogen-bond donors (Lipinski definition) is 1. The quantitative estimate of drug-likeness (QED) is 0.625. The Morgan fingerprint density at radius 2 is 2.04 bits per heavy atom. The summed E-state index contributed by atoms with van der Waals surface area (Å²) in [5.41, 5.74) is 3.19. The van der Waals surface area contributed by atoms with Gasteiger partial charge in [-0.3, -0.25) is 4.79 Å². The van der Waals surface area contributed by atoms with E-state index in [1.165, 1.54) is 6.21 Å². The summed E-state index contributed by atoms with van der Waals surface area (Å²) in [5, 5.41) is 4.45. The molecule has 0 heterocycles. The number of rotatable bonds is 7. The largest absolute Gasteiger partial charge is 0.493 e. The average molecular weight is 333 g/mol. The molecule has 0 saturated carbocycles. The molecule has 0 aliphatic heterocycles. The van der Waals surface area contributed by atoms with E-state index in [0.29, 0.717) is 23.1 Å². The fraction of sp³-hybridized carbons (Fsp3) is 0.176. The summed E-state index contributed by atoms with van der Waals surface area (Å²) in [6.07, 6.45) is 1.53. The molecule has 0 radical (unpaired) electrons. The van der Waals surface area contributed by atoms with E-state index in [4.69, 9.17) is 21.1 Å². The van der Waals surface area contributed by atoms with E-state index < -0.39 is 0 Å². The van der Waals surface area contributed by atoms with Gasteiger partial charge in [-0.15, -0.1) is 0 Å². The first-order chi connectivity index (χ1) is 11.2. The molecule has 0 aliphatic carbocycles. The lowest BCUT2D eigenvalue weighted by Crippen LogP contribution is -2.24. The fourth-order valence-corrected chi connectivity index (χ4v) is 1.97. The number of hydrogen-bond acceptors (Lipinski definition) is 4. The van der Waals surface area contributed by atoms with Crippen LogP contribution in [-0.2, 0) is 4.79 Å². The lowest BCUT2D eigenvalue weighted by Gasteiger charge is -2.06. The van der Waals surface area contributed by atoms with Crippen molar-refractivity contribution in [2.45, 2.75) is 6.92 Å². The molecule has 0 atom stereocenters. The Balaban J connectivity index is 1.84. The van der Waals surface area contributed by atoms with Gasteiger partial charge in [-0.25, -0.2) is 5.43 Å². The van der Waals surface area contributed by atoms with E-state index in [1.807, 2.05) is 31.2 Å². The Kier molecular flexibility index (Phi) is 6.44. The number of hydrazone groups is 1. The summed E-state index contributed by atoms with van der Waals surface area (Å²) in [6.45, 7) is 2.32. The van der Waals surface area contributed by atoms with Crippen LogP contribution in [0.15, 0.2) is 53.6 Å². The number of nitrogens with zero attached hydrogens (tertiary/aromatic N) is 1. The molecular weight excluding hydrogens is 316 g/mol. The average Bonchev–Trinajstić information content (AvgIpc) is 2.55. The Morgan fingerprint density at radius 1 is 1.22 bits per heavy atom. The summed E-state index contributed by atoms with van der Waals surface area (Å²) in [6, 6.07) is 14.3. The van der Waals surface area contributed by atoms with Gasteiger partial charge in [-0.05, 0) is 37.3 Å². The molecule has 1 amide bonds. The van der Waals surface area contributed by atoms with Crippen molar-refractivity contribution < 1.29 is 14.3 Å². The zero-order valence-corrected chi connectivity index (χ0v) is 13.4. The summed E-state index contributed by atoms with van der Waals surface area (Å²) in [7, 11) is 0. The van der Waals surface area contributed by atoms with Crippen molar-refractivity contribution >= 4 is 23.7 Å². The fourth-order valence-electron chi connectivity index (χ4n) is 1.79. The van der Waals surface area contributed by atoms with Gasteiger partial charge in [0.2, 0.25) is 0 Å². The Bertz CT molecular complexity index is 689. The number of nitrogens with one attached hydrogen (secondary N) is 1. The number of carbonyl (C=O) groups excluding carboxylic acids is 1. The van der Waals surface area contributed by atoms with Crippen LogP contribution in [0, 0.1) is 0 Å². The molecular formula is C17H17ClN2O3. The summed E-state index contributed by atoms with van der Waals surface area (Å²) < 4.78 is 10.8. The highest BCUT2D eigenvalue weighted by atomic mass is 35.5. The molecule has 0 unspecified atom stereocenters. The molecule has 2 aromatic rings. The Hall–Kier alpha value is -2.53. The second-order valence-electron chi connectivity index (χ2n) is 4.51. The summed E-state index contributed by atoms with van der Waals surface area (Å²) in [4.78, 5) is 11.7. The Morgan fingerprint density at radius 3 is 2.83 bits per heavy atom. The van der Waals surface area contributed by atoms with Crippen LogP contribution in [0.5, 0.6) is 11.5 Å². The molecule has 2 rings (SSSR count). The lowest BCUT2D eigenvalue weighted by molar-refractivity contribution is -0.123. The highest BCUT2D eigenvalue weighted by Gasteiger charge is 2.03. The minimum absolute atomic E-state index is 0.148. The van der Waals surface area contributed by atoms with Gasteiger partial charge in [-0.1, -0.05) is 29.8 Å². The van der Waals surface area contributed by atoms with E-state index >= 15 is 0 Å². The second-order valence-corrected chi connectivity index (χ2v) is 4.95. The van der Waals surface area contributed by atoms with Gasteiger partial charge in [-0.2, -0.15) is 5.10 Å². The van der Waals surface area contributed by atoms with Crippen molar-refractivity contribution in [1.29, 1.82) is 0 Å². The lowest BCUT2D eigenvalue weighted by atomic mass is 10.2. The molecule has 2 aromatic carbocycles. The van der Waals surface area contributed by atoms with Gasteiger partial charge in [0, 0.05) is 10.6 Å². The van der Waals surface area contributed by atoms with Crippen LogP contribution in [0.2, 0.25) is 5.02 Å². The van der Waals surface area contributed by atoms with Crippen LogP contribution >= 0.6 is 11.6 Å². The summed E-state index contributed by atoms with van der Waals surface area (Å²) >= 11 is 5.84. The van der Waals surface area contributed by atoms with Gasteiger partial charge in [0.15, 0.2) is 6.61 Å². The van der Waals surface area contributed by atoms with E-state index in [1.54, 1.807) is 24.3 Å². The van der Waals surface area contributed by atoms with Gasteiger partial charge in [0.05, 0.1) is 12.8 Å². The van der Waals surface area contributed by atoms with E-state index in [-0.39, 0.29) is 12.5 Å². The number of ether oxygens (including phenoxy) is 2. The molecule has 6 heteroatoms. The zero-order chi connectivity index (χ0) is 16.5. The first-order valence-corrected chi connectivity index (χ1v) is 7.49. The van der Waals surface area contributed by atoms with Crippen LogP contribution in [-0.4, -0.2) is 25.3 Å². The van der Waals surface area contributed by atoms with Crippen molar-refractivity contribution in [3.8, 4) is 11.5 Å². The highest BCUT2D eigenvalue weighted by molar-refractivity contribution is 6.30.